The van der Waals surface area contributed by atoms with Gasteiger partial charge in [-0.25, -0.2) is 9.67 Å². The highest BCUT2D eigenvalue weighted by molar-refractivity contribution is 6.32. The Bertz CT molecular complexity index is 741. The molecule has 7 nitrogen and oxygen atoms in total. The highest BCUT2D eigenvalue weighted by atomic mass is 35.5. The number of hydrogen-bond acceptors (Lipinski definition) is 5. The first kappa shape index (κ1) is 18.8. The van der Waals surface area contributed by atoms with E-state index in [1.807, 2.05) is 24.3 Å². The molecule has 1 aromatic heterocycles. The predicted molar refractivity (Wildman–Crippen MR) is 102 cm³/mol. The fraction of sp³-hybridized carbons (Fsp3) is 0.500. The number of amides is 1. The summed E-state index contributed by atoms with van der Waals surface area (Å²) in [4.78, 5) is 19.2. The molecule has 8 heteroatoms. The molecule has 0 atom stereocenters. The van der Waals surface area contributed by atoms with Crippen LogP contribution in [-0.2, 0) is 6.42 Å². The SMILES string of the molecule is CCCc1nc(C(=O)NCCN2CCNCC2)nn1-c1ccccc1Cl. The van der Waals surface area contributed by atoms with Crippen molar-refractivity contribution in [1.82, 2.24) is 30.3 Å². The standard InChI is InChI=1S/C18H25ClN6O/c1-2-5-16-22-17(23-25(16)15-7-4-3-6-14(15)19)18(26)21-10-13-24-11-8-20-9-12-24/h3-4,6-7,20H,2,5,8-13H2,1H3,(H,21,26). The van der Waals surface area contributed by atoms with Crippen LogP contribution in [0.25, 0.3) is 5.69 Å². The summed E-state index contributed by atoms with van der Waals surface area (Å²) in [5.41, 5.74) is 0.741. The summed E-state index contributed by atoms with van der Waals surface area (Å²) in [6, 6.07) is 7.45. The van der Waals surface area contributed by atoms with Crippen LogP contribution in [0.15, 0.2) is 24.3 Å². The van der Waals surface area contributed by atoms with Gasteiger partial charge < -0.3 is 10.6 Å². The number of rotatable bonds is 7. The van der Waals surface area contributed by atoms with Crippen LogP contribution in [-0.4, -0.2) is 64.8 Å². The van der Waals surface area contributed by atoms with E-state index in [0.29, 0.717) is 11.6 Å². The molecule has 0 saturated carbocycles. The Kier molecular flexibility index (Phi) is 6.60. The highest BCUT2D eigenvalue weighted by Crippen LogP contribution is 2.21. The van der Waals surface area contributed by atoms with Gasteiger partial charge in [0.1, 0.15) is 5.82 Å². The Morgan fingerprint density at radius 3 is 2.81 bits per heavy atom. The molecule has 1 aromatic carbocycles. The molecular formula is C18H25ClN6O. The number of aromatic nitrogens is 3. The minimum atomic E-state index is -0.247. The number of nitrogens with one attached hydrogen (secondary N) is 2. The van der Waals surface area contributed by atoms with Gasteiger partial charge in [-0.15, -0.1) is 5.10 Å². The maximum atomic E-state index is 12.5. The minimum Gasteiger partial charge on any atom is -0.348 e. The van der Waals surface area contributed by atoms with E-state index < -0.39 is 0 Å². The normalized spacial score (nSPS) is 15.2. The van der Waals surface area contributed by atoms with Crippen molar-refractivity contribution in [3.05, 3.63) is 40.9 Å². The first-order chi connectivity index (χ1) is 12.7. The van der Waals surface area contributed by atoms with Crippen molar-refractivity contribution in [3.8, 4) is 5.69 Å². The zero-order valence-electron chi connectivity index (χ0n) is 15.0. The number of carbonyl (C=O) groups is 1. The van der Waals surface area contributed by atoms with Crippen LogP contribution in [0.2, 0.25) is 5.02 Å². The molecule has 1 aliphatic rings. The van der Waals surface area contributed by atoms with Crippen molar-refractivity contribution in [2.45, 2.75) is 19.8 Å². The van der Waals surface area contributed by atoms with E-state index in [1.165, 1.54) is 0 Å². The zero-order chi connectivity index (χ0) is 18.4. The Hall–Kier alpha value is -1.96. The summed E-state index contributed by atoms with van der Waals surface area (Å²) in [6.45, 7) is 7.50. The molecule has 2 N–H and O–H groups in total. The quantitative estimate of drug-likeness (QED) is 0.766. The molecule has 0 radical (unpaired) electrons. The van der Waals surface area contributed by atoms with Crippen molar-refractivity contribution in [2.24, 2.45) is 0 Å². The van der Waals surface area contributed by atoms with Gasteiger partial charge >= 0.3 is 0 Å². The smallest absolute Gasteiger partial charge is 0.291 e. The maximum Gasteiger partial charge on any atom is 0.291 e. The van der Waals surface area contributed by atoms with Crippen molar-refractivity contribution < 1.29 is 4.79 Å². The average molecular weight is 377 g/mol. The van der Waals surface area contributed by atoms with Gasteiger partial charge in [-0.3, -0.25) is 9.69 Å². The van der Waals surface area contributed by atoms with Gasteiger partial charge in [-0.2, -0.15) is 0 Å². The van der Waals surface area contributed by atoms with Crippen LogP contribution in [0, 0.1) is 0 Å². The molecule has 1 aliphatic heterocycles. The lowest BCUT2D eigenvalue weighted by atomic mass is 10.3. The maximum absolute atomic E-state index is 12.5. The van der Waals surface area contributed by atoms with E-state index in [1.54, 1.807) is 4.68 Å². The van der Waals surface area contributed by atoms with Gasteiger partial charge in [-0.05, 0) is 18.6 Å². The number of nitrogens with zero attached hydrogens (tertiary/aromatic N) is 4. The zero-order valence-corrected chi connectivity index (χ0v) is 15.8. The molecule has 3 rings (SSSR count). The van der Waals surface area contributed by atoms with Crippen molar-refractivity contribution >= 4 is 17.5 Å². The highest BCUT2D eigenvalue weighted by Gasteiger charge is 2.18. The third kappa shape index (κ3) is 4.60. The van der Waals surface area contributed by atoms with Crippen molar-refractivity contribution in [3.63, 3.8) is 0 Å². The van der Waals surface area contributed by atoms with Crippen LogP contribution in [0.4, 0.5) is 0 Å². The molecule has 140 valence electrons. The van der Waals surface area contributed by atoms with Crippen LogP contribution in [0.1, 0.15) is 29.8 Å². The molecule has 0 spiro atoms. The summed E-state index contributed by atoms with van der Waals surface area (Å²) in [5.74, 6) is 0.685. The first-order valence-electron chi connectivity index (χ1n) is 9.11. The second kappa shape index (κ2) is 9.12. The summed E-state index contributed by atoms with van der Waals surface area (Å²) >= 11 is 6.29. The molecule has 2 aromatic rings. The van der Waals surface area contributed by atoms with Crippen LogP contribution in [0.5, 0.6) is 0 Å². The van der Waals surface area contributed by atoms with Gasteiger partial charge in [0.25, 0.3) is 5.91 Å². The van der Waals surface area contributed by atoms with Gasteiger partial charge in [0, 0.05) is 45.7 Å². The third-order valence-corrected chi connectivity index (χ3v) is 4.67. The van der Waals surface area contributed by atoms with E-state index in [0.717, 1.165) is 57.1 Å². The van der Waals surface area contributed by atoms with E-state index >= 15 is 0 Å². The third-order valence-electron chi connectivity index (χ3n) is 4.35. The lowest BCUT2D eigenvalue weighted by Gasteiger charge is -2.26. The number of halogens is 1. The Morgan fingerprint density at radius 2 is 2.08 bits per heavy atom. The lowest BCUT2D eigenvalue weighted by Crippen LogP contribution is -2.46. The summed E-state index contributed by atoms with van der Waals surface area (Å²) in [6.07, 6.45) is 1.64. The van der Waals surface area contributed by atoms with E-state index in [9.17, 15) is 4.79 Å². The van der Waals surface area contributed by atoms with Gasteiger partial charge in [0.05, 0.1) is 10.7 Å². The number of carbonyl (C=O) groups excluding carboxylic acids is 1. The van der Waals surface area contributed by atoms with Gasteiger partial charge in [0.2, 0.25) is 5.82 Å². The van der Waals surface area contributed by atoms with Crippen molar-refractivity contribution in [1.29, 1.82) is 0 Å². The molecule has 0 aliphatic carbocycles. The number of para-hydroxylation sites is 1. The Balaban J connectivity index is 1.68. The van der Waals surface area contributed by atoms with E-state index in [-0.39, 0.29) is 11.7 Å². The van der Waals surface area contributed by atoms with Crippen LogP contribution >= 0.6 is 11.6 Å². The molecule has 26 heavy (non-hydrogen) atoms. The fourth-order valence-electron chi connectivity index (χ4n) is 2.98. The topological polar surface area (TPSA) is 75.1 Å². The van der Waals surface area contributed by atoms with Gasteiger partial charge in [0.15, 0.2) is 0 Å². The fourth-order valence-corrected chi connectivity index (χ4v) is 3.20. The van der Waals surface area contributed by atoms with E-state index in [4.69, 9.17) is 11.6 Å². The molecule has 2 heterocycles. The lowest BCUT2D eigenvalue weighted by molar-refractivity contribution is 0.0937. The largest absolute Gasteiger partial charge is 0.348 e. The second-order valence-electron chi connectivity index (χ2n) is 6.31. The predicted octanol–water partition coefficient (Wildman–Crippen LogP) is 1.51. The van der Waals surface area contributed by atoms with E-state index in [2.05, 4.69) is 32.5 Å². The molecular weight excluding hydrogens is 352 g/mol. The first-order valence-corrected chi connectivity index (χ1v) is 9.49. The van der Waals surface area contributed by atoms with Gasteiger partial charge in [-0.1, -0.05) is 30.7 Å². The minimum absolute atomic E-state index is 0.189. The van der Waals surface area contributed by atoms with Crippen LogP contribution in [0.3, 0.4) is 0 Å². The Morgan fingerprint density at radius 1 is 1.31 bits per heavy atom. The second-order valence-corrected chi connectivity index (χ2v) is 6.72. The monoisotopic (exact) mass is 376 g/mol. The molecule has 1 fully saturated rings. The summed E-state index contributed by atoms with van der Waals surface area (Å²) in [7, 11) is 0. The number of hydrogen-bond donors (Lipinski definition) is 2. The average Bonchev–Trinajstić information content (AvgIpc) is 3.07. The Labute approximate surface area is 158 Å². The number of piperazine rings is 1. The molecule has 0 bridgehead atoms. The van der Waals surface area contributed by atoms with Crippen molar-refractivity contribution in [2.75, 3.05) is 39.3 Å². The summed E-state index contributed by atoms with van der Waals surface area (Å²) in [5, 5.41) is 11.2. The number of aryl methyl sites for hydroxylation is 1. The summed E-state index contributed by atoms with van der Waals surface area (Å²) < 4.78 is 1.68. The molecule has 0 unspecified atom stereocenters. The number of benzene rings is 1. The molecule has 1 amide bonds. The molecule has 1 saturated heterocycles. The van der Waals surface area contributed by atoms with Crippen LogP contribution < -0.4 is 10.6 Å².